The Hall–Kier alpha value is -1.63. The molecule has 1 spiro atoms. The van der Waals surface area contributed by atoms with Crippen molar-refractivity contribution in [3.63, 3.8) is 0 Å². The number of nitrogens with one attached hydrogen (secondary N) is 2. The number of carbonyl (C=O) groups is 2. The Morgan fingerprint density at radius 1 is 1.45 bits per heavy atom. The Morgan fingerprint density at radius 2 is 2.14 bits per heavy atom. The Bertz CT molecular complexity index is 488. The second kappa shape index (κ2) is 5.87. The molecule has 2 aliphatic rings. The molecule has 1 fully saturated rings. The van der Waals surface area contributed by atoms with Crippen molar-refractivity contribution >= 4 is 18.0 Å². The maximum Gasteiger partial charge on any atom is 0.414 e. The number of ether oxygens (including phenoxy) is 1. The lowest BCUT2D eigenvalue weighted by molar-refractivity contribution is -0.132. The summed E-state index contributed by atoms with van der Waals surface area (Å²) in [4.78, 5) is 30.9. The number of amides is 2. The quantitative estimate of drug-likeness (QED) is 0.763. The summed E-state index contributed by atoms with van der Waals surface area (Å²) in [7, 11) is 0. The molecule has 7 nitrogen and oxygen atoms in total. The standard InChI is InChI=1S/C15H26N4O3/c1-10(2)19-11(20)15(7-6-8-16-9-15)18-12(19)17-13(21)22-14(3,4)5/h10,16H,6-9H2,1-5H3,(H,17,18,21). The van der Waals surface area contributed by atoms with E-state index < -0.39 is 17.2 Å². The fourth-order valence-corrected chi connectivity index (χ4v) is 2.75. The highest BCUT2D eigenvalue weighted by Gasteiger charge is 2.50. The van der Waals surface area contributed by atoms with Gasteiger partial charge in [-0.1, -0.05) is 0 Å². The topological polar surface area (TPSA) is 83.0 Å². The SMILES string of the molecule is CC(C)N1C(=O)C2(CCCNC2)N=C1NC(=O)OC(C)(C)C. The molecule has 0 radical (unpaired) electrons. The van der Waals surface area contributed by atoms with Crippen molar-refractivity contribution < 1.29 is 14.3 Å². The van der Waals surface area contributed by atoms with Crippen molar-refractivity contribution in [2.45, 2.75) is 64.6 Å². The molecular formula is C15H26N4O3. The third-order valence-electron chi connectivity index (χ3n) is 3.66. The Kier molecular flexibility index (Phi) is 4.47. The smallest absolute Gasteiger partial charge is 0.414 e. The fraction of sp³-hybridized carbons (Fsp3) is 0.800. The number of hydrogen-bond donors (Lipinski definition) is 2. The van der Waals surface area contributed by atoms with Crippen LogP contribution in [0.2, 0.25) is 0 Å². The Labute approximate surface area is 131 Å². The van der Waals surface area contributed by atoms with Crippen LogP contribution in [0.1, 0.15) is 47.5 Å². The second-order valence-electron chi connectivity index (χ2n) is 7.14. The van der Waals surface area contributed by atoms with Crippen molar-refractivity contribution in [2.24, 2.45) is 4.99 Å². The van der Waals surface area contributed by atoms with Gasteiger partial charge in [-0.2, -0.15) is 0 Å². The third-order valence-corrected chi connectivity index (χ3v) is 3.66. The first-order valence-electron chi connectivity index (χ1n) is 7.79. The molecule has 0 aromatic heterocycles. The van der Waals surface area contributed by atoms with E-state index in [1.165, 1.54) is 0 Å². The van der Waals surface area contributed by atoms with Crippen molar-refractivity contribution in [3.05, 3.63) is 0 Å². The van der Waals surface area contributed by atoms with E-state index in [2.05, 4.69) is 15.6 Å². The van der Waals surface area contributed by atoms with Gasteiger partial charge in [0.2, 0.25) is 5.96 Å². The van der Waals surface area contributed by atoms with Gasteiger partial charge in [-0.25, -0.2) is 9.79 Å². The highest BCUT2D eigenvalue weighted by Crippen LogP contribution is 2.30. The summed E-state index contributed by atoms with van der Waals surface area (Å²) in [5.74, 6) is 0.235. The van der Waals surface area contributed by atoms with Gasteiger partial charge in [0.05, 0.1) is 0 Å². The third kappa shape index (κ3) is 3.40. The van der Waals surface area contributed by atoms with Crippen LogP contribution >= 0.6 is 0 Å². The number of nitrogens with zero attached hydrogens (tertiary/aromatic N) is 2. The molecule has 2 N–H and O–H groups in total. The average Bonchev–Trinajstić information content (AvgIpc) is 2.60. The zero-order chi connectivity index (χ0) is 16.5. The maximum atomic E-state index is 12.8. The number of alkyl carbamates (subject to hydrolysis) is 1. The van der Waals surface area contributed by atoms with E-state index in [4.69, 9.17) is 4.74 Å². The highest BCUT2D eigenvalue weighted by molar-refractivity contribution is 6.11. The van der Waals surface area contributed by atoms with Gasteiger partial charge >= 0.3 is 6.09 Å². The van der Waals surface area contributed by atoms with Crippen LogP contribution in [0.3, 0.4) is 0 Å². The minimum atomic E-state index is -0.785. The van der Waals surface area contributed by atoms with Crippen LogP contribution in [-0.4, -0.2) is 53.1 Å². The number of guanidine groups is 1. The molecule has 7 heteroatoms. The molecule has 1 saturated heterocycles. The lowest BCUT2D eigenvalue weighted by Crippen LogP contribution is -2.54. The summed E-state index contributed by atoms with van der Waals surface area (Å²) in [6.45, 7) is 10.6. The summed E-state index contributed by atoms with van der Waals surface area (Å²) >= 11 is 0. The molecule has 0 aromatic carbocycles. The predicted molar refractivity (Wildman–Crippen MR) is 83.6 cm³/mol. The molecule has 0 aromatic rings. The number of carbonyl (C=O) groups excluding carboxylic acids is 2. The number of hydrogen-bond acceptors (Lipinski definition) is 5. The van der Waals surface area contributed by atoms with Crippen LogP contribution in [0, 0.1) is 0 Å². The minimum absolute atomic E-state index is 0.0549. The van der Waals surface area contributed by atoms with E-state index in [1.807, 2.05) is 13.8 Å². The minimum Gasteiger partial charge on any atom is -0.444 e. The lowest BCUT2D eigenvalue weighted by atomic mass is 9.90. The molecule has 0 bridgehead atoms. The molecule has 22 heavy (non-hydrogen) atoms. The lowest BCUT2D eigenvalue weighted by Gasteiger charge is -2.31. The van der Waals surface area contributed by atoms with Gasteiger partial charge in [-0.05, 0) is 54.0 Å². The van der Waals surface area contributed by atoms with Gasteiger partial charge < -0.3 is 10.1 Å². The van der Waals surface area contributed by atoms with Crippen LogP contribution in [0.5, 0.6) is 0 Å². The van der Waals surface area contributed by atoms with E-state index in [0.29, 0.717) is 13.0 Å². The molecule has 0 aliphatic carbocycles. The predicted octanol–water partition coefficient (Wildman–Crippen LogP) is 1.24. The zero-order valence-corrected chi connectivity index (χ0v) is 14.0. The first kappa shape index (κ1) is 16.7. The monoisotopic (exact) mass is 310 g/mol. The molecule has 1 unspecified atom stereocenters. The molecule has 2 heterocycles. The normalized spacial score (nSPS) is 25.6. The average molecular weight is 310 g/mol. The van der Waals surface area contributed by atoms with E-state index in [-0.39, 0.29) is 17.9 Å². The first-order chi connectivity index (χ1) is 10.1. The van der Waals surface area contributed by atoms with Crippen LogP contribution in [0.15, 0.2) is 4.99 Å². The largest absolute Gasteiger partial charge is 0.444 e. The second-order valence-corrected chi connectivity index (χ2v) is 7.14. The van der Waals surface area contributed by atoms with Crippen molar-refractivity contribution in [2.75, 3.05) is 13.1 Å². The van der Waals surface area contributed by atoms with Gasteiger partial charge in [0.15, 0.2) is 5.54 Å². The maximum absolute atomic E-state index is 12.8. The van der Waals surface area contributed by atoms with Crippen molar-refractivity contribution in [1.82, 2.24) is 15.5 Å². The fourth-order valence-electron chi connectivity index (χ4n) is 2.75. The Balaban J connectivity index is 2.20. The zero-order valence-electron chi connectivity index (χ0n) is 14.0. The molecule has 0 saturated carbocycles. The molecule has 2 aliphatic heterocycles. The Morgan fingerprint density at radius 3 is 2.64 bits per heavy atom. The summed E-state index contributed by atoms with van der Waals surface area (Å²) in [6.07, 6.45) is 0.994. The van der Waals surface area contributed by atoms with Gasteiger partial charge in [-0.15, -0.1) is 0 Å². The van der Waals surface area contributed by atoms with Crippen LogP contribution < -0.4 is 10.6 Å². The number of aliphatic imine (C=N–C) groups is 1. The molecule has 2 rings (SSSR count). The van der Waals surface area contributed by atoms with Crippen LogP contribution in [0.25, 0.3) is 0 Å². The van der Waals surface area contributed by atoms with Crippen molar-refractivity contribution in [3.8, 4) is 0 Å². The van der Waals surface area contributed by atoms with Crippen LogP contribution in [-0.2, 0) is 9.53 Å². The van der Waals surface area contributed by atoms with E-state index in [9.17, 15) is 9.59 Å². The van der Waals surface area contributed by atoms with E-state index in [0.717, 1.165) is 13.0 Å². The summed E-state index contributed by atoms with van der Waals surface area (Å²) in [6, 6.07) is -0.0810. The van der Waals surface area contributed by atoms with Gasteiger partial charge in [0.25, 0.3) is 5.91 Å². The number of piperidine rings is 1. The van der Waals surface area contributed by atoms with E-state index in [1.54, 1.807) is 25.7 Å². The first-order valence-corrected chi connectivity index (χ1v) is 7.79. The highest BCUT2D eigenvalue weighted by atomic mass is 16.6. The summed E-state index contributed by atoms with van der Waals surface area (Å²) in [5.41, 5.74) is -1.38. The van der Waals surface area contributed by atoms with E-state index >= 15 is 0 Å². The molecule has 124 valence electrons. The summed E-state index contributed by atoms with van der Waals surface area (Å²) in [5, 5.41) is 5.86. The summed E-state index contributed by atoms with van der Waals surface area (Å²) < 4.78 is 5.25. The van der Waals surface area contributed by atoms with Gasteiger partial charge in [0, 0.05) is 12.6 Å². The van der Waals surface area contributed by atoms with Gasteiger partial charge in [0.1, 0.15) is 5.60 Å². The number of rotatable bonds is 1. The molecule has 1 atom stereocenters. The van der Waals surface area contributed by atoms with Crippen molar-refractivity contribution in [1.29, 1.82) is 0 Å². The molecule has 2 amide bonds. The van der Waals surface area contributed by atoms with Gasteiger partial charge in [-0.3, -0.25) is 15.0 Å². The molecular weight excluding hydrogens is 284 g/mol. The van der Waals surface area contributed by atoms with Crippen LogP contribution in [0.4, 0.5) is 4.79 Å².